The fourth-order valence-corrected chi connectivity index (χ4v) is 1.19. The number of benzene rings is 1. The van der Waals surface area contributed by atoms with Crippen molar-refractivity contribution in [3.05, 3.63) is 41.8 Å². The lowest BCUT2D eigenvalue weighted by atomic mass is 10.2. The lowest BCUT2D eigenvalue weighted by Gasteiger charge is -2.00. The first kappa shape index (κ1) is 11.6. The number of aromatic carboxylic acids is 1. The smallest absolute Gasteiger partial charge is 0.399 e. The number of carboxylic acids is 1. The van der Waals surface area contributed by atoms with Gasteiger partial charge in [-0.05, 0) is 24.3 Å². The Labute approximate surface area is 101 Å². The van der Waals surface area contributed by atoms with Gasteiger partial charge in [-0.2, -0.15) is 4.98 Å². The Kier molecular flexibility index (Phi) is 2.96. The molecule has 1 heterocycles. The molecule has 0 aliphatic heterocycles. The maximum atomic E-state index is 10.8. The number of rotatable bonds is 4. The highest BCUT2D eigenvalue weighted by Crippen LogP contribution is 2.20. The number of carboxylic acid groups (broad SMARTS) is 1. The van der Waals surface area contributed by atoms with E-state index in [4.69, 9.17) is 20.0 Å². The monoisotopic (exact) mass is 248 g/mol. The van der Waals surface area contributed by atoms with Gasteiger partial charge in [-0.1, -0.05) is 0 Å². The van der Waals surface area contributed by atoms with Crippen LogP contribution in [0.4, 0.5) is 0 Å². The molecule has 7 heteroatoms. The molecule has 0 spiro atoms. The van der Waals surface area contributed by atoms with E-state index < -0.39 is 11.9 Å². The van der Waals surface area contributed by atoms with Crippen molar-refractivity contribution in [2.45, 2.75) is 0 Å². The van der Waals surface area contributed by atoms with E-state index in [2.05, 4.69) is 4.98 Å². The standard InChI is InChI=1S/C11H8N2O5/c12-9(14)6-1-3-7(4-2-6)18-11-13-8(5-17-11)10(15)16/h1-5H,(H2,12,14)(H,15,16). The molecule has 0 aliphatic rings. The van der Waals surface area contributed by atoms with Crippen LogP contribution in [-0.2, 0) is 0 Å². The molecule has 0 atom stereocenters. The minimum Gasteiger partial charge on any atom is -0.476 e. The van der Waals surface area contributed by atoms with Crippen LogP contribution < -0.4 is 10.5 Å². The van der Waals surface area contributed by atoms with Gasteiger partial charge in [-0.15, -0.1) is 0 Å². The predicted octanol–water partition coefficient (Wildman–Crippen LogP) is 1.26. The summed E-state index contributed by atoms with van der Waals surface area (Å²) in [5.41, 5.74) is 5.16. The summed E-state index contributed by atoms with van der Waals surface area (Å²) in [6, 6.07) is 5.92. The summed E-state index contributed by atoms with van der Waals surface area (Å²) in [4.78, 5) is 25.0. The number of ether oxygens (including phenoxy) is 1. The molecule has 0 bridgehead atoms. The molecule has 7 nitrogen and oxygen atoms in total. The van der Waals surface area contributed by atoms with Crippen LogP contribution in [0.3, 0.4) is 0 Å². The van der Waals surface area contributed by atoms with E-state index in [9.17, 15) is 9.59 Å². The van der Waals surface area contributed by atoms with Crippen molar-refractivity contribution in [1.82, 2.24) is 4.98 Å². The van der Waals surface area contributed by atoms with Gasteiger partial charge in [0.15, 0.2) is 5.69 Å². The molecule has 2 aromatic rings. The number of nitrogens with two attached hydrogens (primary N) is 1. The van der Waals surface area contributed by atoms with Crippen LogP contribution in [0.5, 0.6) is 11.8 Å². The molecule has 0 radical (unpaired) electrons. The molecule has 1 amide bonds. The van der Waals surface area contributed by atoms with Crippen molar-refractivity contribution < 1.29 is 23.8 Å². The van der Waals surface area contributed by atoms with Gasteiger partial charge >= 0.3 is 12.0 Å². The average Bonchev–Trinajstić information content (AvgIpc) is 2.78. The Morgan fingerprint density at radius 2 is 1.94 bits per heavy atom. The second-order valence-electron chi connectivity index (χ2n) is 3.29. The minimum atomic E-state index is -1.21. The highest BCUT2D eigenvalue weighted by atomic mass is 16.6. The van der Waals surface area contributed by atoms with Crippen LogP contribution in [0, 0.1) is 0 Å². The molecule has 0 saturated carbocycles. The number of oxazole rings is 1. The molecule has 0 fully saturated rings. The Morgan fingerprint density at radius 3 is 2.44 bits per heavy atom. The largest absolute Gasteiger partial charge is 0.476 e. The molecule has 92 valence electrons. The first-order valence-corrected chi connectivity index (χ1v) is 4.83. The molecule has 3 N–H and O–H groups in total. The maximum absolute atomic E-state index is 10.8. The van der Waals surface area contributed by atoms with Crippen molar-refractivity contribution >= 4 is 11.9 Å². The molecule has 2 rings (SSSR count). The second kappa shape index (κ2) is 4.58. The molecule has 1 aromatic heterocycles. The summed E-state index contributed by atoms with van der Waals surface area (Å²) in [5, 5.41) is 8.63. The Hall–Kier alpha value is -2.83. The molecule has 0 saturated heterocycles. The van der Waals surface area contributed by atoms with E-state index in [1.54, 1.807) is 0 Å². The molecule has 0 aliphatic carbocycles. The number of aromatic nitrogens is 1. The quantitative estimate of drug-likeness (QED) is 0.841. The van der Waals surface area contributed by atoms with Crippen LogP contribution in [0.2, 0.25) is 0 Å². The summed E-state index contributed by atoms with van der Waals surface area (Å²) in [7, 11) is 0. The zero-order valence-corrected chi connectivity index (χ0v) is 8.99. The van der Waals surface area contributed by atoms with E-state index in [0.717, 1.165) is 6.26 Å². The number of hydrogen-bond donors (Lipinski definition) is 2. The topological polar surface area (TPSA) is 116 Å². The van der Waals surface area contributed by atoms with Crippen LogP contribution in [0.15, 0.2) is 34.9 Å². The van der Waals surface area contributed by atoms with Crippen LogP contribution in [0.25, 0.3) is 0 Å². The zero-order valence-electron chi connectivity index (χ0n) is 8.99. The number of carbonyl (C=O) groups excluding carboxylic acids is 1. The predicted molar refractivity (Wildman–Crippen MR) is 58.5 cm³/mol. The van der Waals surface area contributed by atoms with Crippen molar-refractivity contribution in [2.75, 3.05) is 0 Å². The lowest BCUT2D eigenvalue weighted by Crippen LogP contribution is -2.10. The molecule has 1 aromatic carbocycles. The Balaban J connectivity index is 2.13. The van der Waals surface area contributed by atoms with Gasteiger partial charge in [0.2, 0.25) is 5.91 Å². The number of hydrogen-bond acceptors (Lipinski definition) is 5. The van der Waals surface area contributed by atoms with Gasteiger partial charge in [0.25, 0.3) is 0 Å². The van der Waals surface area contributed by atoms with Crippen molar-refractivity contribution in [3.8, 4) is 11.8 Å². The summed E-state index contributed by atoms with van der Waals surface area (Å²) >= 11 is 0. The summed E-state index contributed by atoms with van der Waals surface area (Å²) in [5.74, 6) is -1.41. The van der Waals surface area contributed by atoms with Crippen molar-refractivity contribution in [1.29, 1.82) is 0 Å². The minimum absolute atomic E-state index is 0.195. The highest BCUT2D eigenvalue weighted by Gasteiger charge is 2.12. The first-order valence-electron chi connectivity index (χ1n) is 4.83. The van der Waals surface area contributed by atoms with Gasteiger partial charge in [0.1, 0.15) is 12.0 Å². The van der Waals surface area contributed by atoms with Gasteiger partial charge in [-0.3, -0.25) is 4.79 Å². The third-order valence-electron chi connectivity index (χ3n) is 2.05. The van der Waals surface area contributed by atoms with Crippen molar-refractivity contribution in [3.63, 3.8) is 0 Å². The van der Waals surface area contributed by atoms with E-state index in [0.29, 0.717) is 11.3 Å². The fraction of sp³-hybridized carbons (Fsp3) is 0. The third kappa shape index (κ3) is 2.46. The SMILES string of the molecule is NC(=O)c1ccc(Oc2nc(C(=O)O)co2)cc1. The first-order chi connectivity index (χ1) is 8.56. The van der Waals surface area contributed by atoms with Gasteiger partial charge in [0.05, 0.1) is 0 Å². The summed E-state index contributed by atoms with van der Waals surface area (Å²) < 4.78 is 9.95. The highest BCUT2D eigenvalue weighted by molar-refractivity contribution is 5.92. The Bertz CT molecular complexity index is 588. The summed E-state index contributed by atoms with van der Waals surface area (Å²) in [6.07, 6.45) is 0.773. The molecular weight excluding hydrogens is 240 g/mol. The fourth-order valence-electron chi connectivity index (χ4n) is 1.19. The number of amides is 1. The maximum Gasteiger partial charge on any atom is 0.399 e. The van der Waals surface area contributed by atoms with Gasteiger partial charge < -0.3 is 20.0 Å². The number of primary amides is 1. The summed E-state index contributed by atoms with van der Waals surface area (Å²) in [6.45, 7) is 0. The molecular formula is C11H8N2O5. The van der Waals surface area contributed by atoms with E-state index in [1.165, 1.54) is 24.3 Å². The van der Waals surface area contributed by atoms with Crippen LogP contribution >= 0.6 is 0 Å². The van der Waals surface area contributed by atoms with Gasteiger partial charge in [0, 0.05) is 5.56 Å². The third-order valence-corrected chi connectivity index (χ3v) is 2.05. The van der Waals surface area contributed by atoms with Crippen LogP contribution in [-0.4, -0.2) is 22.0 Å². The van der Waals surface area contributed by atoms with Crippen molar-refractivity contribution in [2.24, 2.45) is 5.73 Å². The molecule has 0 unspecified atom stereocenters. The van der Waals surface area contributed by atoms with E-state index in [-0.39, 0.29) is 11.8 Å². The lowest BCUT2D eigenvalue weighted by molar-refractivity contribution is 0.0690. The number of nitrogens with zero attached hydrogens (tertiary/aromatic N) is 1. The number of carbonyl (C=O) groups is 2. The van der Waals surface area contributed by atoms with E-state index >= 15 is 0 Å². The normalized spacial score (nSPS) is 10.0. The average molecular weight is 248 g/mol. The van der Waals surface area contributed by atoms with Crippen LogP contribution in [0.1, 0.15) is 20.8 Å². The molecule has 18 heavy (non-hydrogen) atoms. The van der Waals surface area contributed by atoms with E-state index in [1.807, 2.05) is 0 Å². The van der Waals surface area contributed by atoms with Gasteiger partial charge in [-0.25, -0.2) is 4.79 Å². The second-order valence-corrected chi connectivity index (χ2v) is 3.29. The Morgan fingerprint density at radius 1 is 1.28 bits per heavy atom. The zero-order chi connectivity index (χ0) is 13.1.